The molecule has 2 amide bonds. The molecule has 0 saturated heterocycles. The molecule has 3 N–H and O–H groups in total. The number of hydrogen-bond donors (Lipinski definition) is 3. The number of nitrogens with one attached hydrogen (secondary N) is 3. The first-order valence-corrected chi connectivity index (χ1v) is 8.80. The van der Waals surface area contributed by atoms with Gasteiger partial charge in [-0.1, -0.05) is 18.2 Å². The molecule has 1 saturated carbocycles. The molecule has 1 aromatic carbocycles. The van der Waals surface area contributed by atoms with Crippen LogP contribution in [0.2, 0.25) is 0 Å². The highest BCUT2D eigenvalue weighted by Crippen LogP contribution is 2.19. The Morgan fingerprint density at radius 3 is 2.69 bits per heavy atom. The number of fused-ring (bicyclic) bond motifs is 1. The van der Waals surface area contributed by atoms with Crippen molar-refractivity contribution in [3.05, 3.63) is 65.6 Å². The van der Waals surface area contributed by atoms with Crippen LogP contribution in [0.3, 0.4) is 0 Å². The Morgan fingerprint density at radius 1 is 1.12 bits per heavy atom. The lowest BCUT2D eigenvalue weighted by molar-refractivity contribution is 0.0950. The Hall–Kier alpha value is -3.15. The maximum atomic E-state index is 12.4. The number of aromatic nitrogens is 2. The maximum absolute atomic E-state index is 12.4. The van der Waals surface area contributed by atoms with E-state index in [2.05, 4.69) is 26.7 Å². The van der Waals surface area contributed by atoms with E-state index in [0.29, 0.717) is 17.7 Å². The standard InChI is InChI=1S/C20H20N4O2/c25-19(14-9-15(11-21-10-14)20(26)24-16-5-6-16)22-8-7-13-12-23-18-4-2-1-3-17(13)18/h1-4,9-12,16,23H,5-8H2,(H,22,25)(H,24,26). The molecule has 2 aromatic heterocycles. The van der Waals surface area contributed by atoms with Gasteiger partial charge in [0.1, 0.15) is 0 Å². The number of carbonyl (C=O) groups excluding carboxylic acids is 2. The minimum absolute atomic E-state index is 0.173. The summed E-state index contributed by atoms with van der Waals surface area (Å²) < 4.78 is 0. The van der Waals surface area contributed by atoms with Crippen molar-refractivity contribution in [2.75, 3.05) is 6.54 Å². The lowest BCUT2D eigenvalue weighted by Crippen LogP contribution is -2.28. The summed E-state index contributed by atoms with van der Waals surface area (Å²) in [6, 6.07) is 9.95. The molecule has 1 fully saturated rings. The van der Waals surface area contributed by atoms with Gasteiger partial charge >= 0.3 is 0 Å². The van der Waals surface area contributed by atoms with Crippen LogP contribution in [-0.4, -0.2) is 34.4 Å². The summed E-state index contributed by atoms with van der Waals surface area (Å²) in [6.45, 7) is 0.513. The van der Waals surface area contributed by atoms with Crippen LogP contribution in [-0.2, 0) is 6.42 Å². The predicted octanol–water partition coefficient (Wildman–Crippen LogP) is 2.43. The lowest BCUT2D eigenvalue weighted by atomic mass is 10.1. The van der Waals surface area contributed by atoms with Crippen LogP contribution in [0.1, 0.15) is 39.1 Å². The second kappa shape index (κ2) is 7.00. The number of pyridine rings is 1. The van der Waals surface area contributed by atoms with Crippen molar-refractivity contribution in [2.45, 2.75) is 25.3 Å². The summed E-state index contributed by atoms with van der Waals surface area (Å²) in [5.41, 5.74) is 3.07. The number of carbonyl (C=O) groups is 2. The van der Waals surface area contributed by atoms with E-state index >= 15 is 0 Å². The molecule has 132 valence electrons. The Morgan fingerprint density at radius 2 is 1.88 bits per heavy atom. The molecule has 0 spiro atoms. The van der Waals surface area contributed by atoms with Gasteiger partial charge in [0, 0.05) is 42.1 Å². The monoisotopic (exact) mass is 348 g/mol. The first-order valence-electron chi connectivity index (χ1n) is 8.80. The van der Waals surface area contributed by atoms with Gasteiger partial charge in [0.25, 0.3) is 11.8 Å². The second-order valence-corrected chi connectivity index (χ2v) is 6.58. The molecule has 1 aliphatic rings. The molecule has 0 radical (unpaired) electrons. The van der Waals surface area contributed by atoms with E-state index in [1.165, 1.54) is 17.8 Å². The molecule has 2 heterocycles. The Bertz CT molecular complexity index is 959. The molecular weight excluding hydrogens is 328 g/mol. The topological polar surface area (TPSA) is 86.9 Å². The Balaban J connectivity index is 1.36. The Labute approximate surface area is 151 Å². The van der Waals surface area contributed by atoms with Crippen LogP contribution >= 0.6 is 0 Å². The van der Waals surface area contributed by atoms with E-state index in [1.54, 1.807) is 6.07 Å². The van der Waals surface area contributed by atoms with Gasteiger partial charge in [-0.2, -0.15) is 0 Å². The average Bonchev–Trinajstić information content (AvgIpc) is 3.39. The quantitative estimate of drug-likeness (QED) is 0.639. The molecule has 4 rings (SSSR count). The van der Waals surface area contributed by atoms with E-state index < -0.39 is 0 Å². The zero-order chi connectivity index (χ0) is 17.9. The fourth-order valence-corrected chi connectivity index (χ4v) is 2.94. The van der Waals surface area contributed by atoms with Crippen molar-refractivity contribution in [1.82, 2.24) is 20.6 Å². The van der Waals surface area contributed by atoms with Gasteiger partial charge in [-0.15, -0.1) is 0 Å². The van der Waals surface area contributed by atoms with Crippen molar-refractivity contribution in [3.8, 4) is 0 Å². The van der Waals surface area contributed by atoms with E-state index in [4.69, 9.17) is 0 Å². The van der Waals surface area contributed by atoms with E-state index in [9.17, 15) is 9.59 Å². The van der Waals surface area contributed by atoms with Gasteiger partial charge < -0.3 is 15.6 Å². The van der Waals surface area contributed by atoms with E-state index in [-0.39, 0.29) is 17.9 Å². The molecule has 0 aliphatic heterocycles. The first kappa shape index (κ1) is 16.3. The summed E-state index contributed by atoms with van der Waals surface area (Å²) in [5.74, 6) is -0.396. The lowest BCUT2D eigenvalue weighted by Gasteiger charge is -2.07. The third kappa shape index (κ3) is 3.59. The van der Waals surface area contributed by atoms with Gasteiger partial charge in [0.2, 0.25) is 0 Å². The van der Waals surface area contributed by atoms with Crippen molar-refractivity contribution >= 4 is 22.7 Å². The van der Waals surface area contributed by atoms with Crippen LogP contribution in [0.15, 0.2) is 48.9 Å². The van der Waals surface area contributed by atoms with Crippen LogP contribution < -0.4 is 10.6 Å². The zero-order valence-electron chi connectivity index (χ0n) is 14.3. The molecule has 6 nitrogen and oxygen atoms in total. The molecule has 1 aliphatic carbocycles. The van der Waals surface area contributed by atoms with E-state index in [1.807, 2.05) is 24.4 Å². The number of H-pyrrole nitrogens is 1. The normalized spacial score (nSPS) is 13.5. The minimum atomic E-state index is -0.224. The number of benzene rings is 1. The van der Waals surface area contributed by atoms with Crippen LogP contribution in [0.5, 0.6) is 0 Å². The first-order chi connectivity index (χ1) is 12.7. The molecule has 3 aromatic rings. The van der Waals surface area contributed by atoms with Gasteiger partial charge in [-0.25, -0.2) is 0 Å². The Kier molecular flexibility index (Phi) is 4.39. The summed E-state index contributed by atoms with van der Waals surface area (Å²) in [4.78, 5) is 31.7. The molecule has 6 heteroatoms. The van der Waals surface area contributed by atoms with Gasteiger partial charge in [-0.3, -0.25) is 14.6 Å². The maximum Gasteiger partial charge on any atom is 0.253 e. The summed E-state index contributed by atoms with van der Waals surface area (Å²) in [6.07, 6.45) is 7.71. The third-order valence-corrected chi connectivity index (χ3v) is 4.53. The van der Waals surface area contributed by atoms with Crippen molar-refractivity contribution in [1.29, 1.82) is 0 Å². The number of hydrogen-bond acceptors (Lipinski definition) is 3. The third-order valence-electron chi connectivity index (χ3n) is 4.53. The largest absolute Gasteiger partial charge is 0.361 e. The number of amides is 2. The highest BCUT2D eigenvalue weighted by atomic mass is 16.2. The fraction of sp³-hybridized carbons (Fsp3) is 0.250. The number of nitrogens with zero attached hydrogens (tertiary/aromatic N) is 1. The summed E-state index contributed by atoms with van der Waals surface area (Å²) in [5, 5.41) is 6.97. The fourth-order valence-electron chi connectivity index (χ4n) is 2.94. The smallest absolute Gasteiger partial charge is 0.253 e. The summed E-state index contributed by atoms with van der Waals surface area (Å²) in [7, 11) is 0. The second-order valence-electron chi connectivity index (χ2n) is 6.58. The molecule has 0 unspecified atom stereocenters. The van der Waals surface area contributed by atoms with Gasteiger partial charge in [-0.05, 0) is 37.0 Å². The van der Waals surface area contributed by atoms with Crippen molar-refractivity contribution in [2.24, 2.45) is 0 Å². The minimum Gasteiger partial charge on any atom is -0.361 e. The van der Waals surface area contributed by atoms with E-state index in [0.717, 1.165) is 30.3 Å². The van der Waals surface area contributed by atoms with Crippen LogP contribution in [0, 0.1) is 0 Å². The number of aromatic amines is 1. The van der Waals surface area contributed by atoms with Gasteiger partial charge in [0.15, 0.2) is 0 Å². The van der Waals surface area contributed by atoms with Gasteiger partial charge in [0.05, 0.1) is 11.1 Å². The number of rotatable bonds is 6. The number of para-hydroxylation sites is 1. The zero-order valence-corrected chi connectivity index (χ0v) is 14.3. The highest BCUT2D eigenvalue weighted by Gasteiger charge is 2.24. The molecule has 26 heavy (non-hydrogen) atoms. The van der Waals surface area contributed by atoms with Crippen molar-refractivity contribution in [3.63, 3.8) is 0 Å². The molecular formula is C20H20N4O2. The van der Waals surface area contributed by atoms with Crippen LogP contribution in [0.4, 0.5) is 0 Å². The van der Waals surface area contributed by atoms with Crippen LogP contribution in [0.25, 0.3) is 10.9 Å². The summed E-state index contributed by atoms with van der Waals surface area (Å²) >= 11 is 0. The molecule has 0 atom stereocenters. The SMILES string of the molecule is O=C(NCCc1c[nH]c2ccccc12)c1cncc(C(=O)NC2CC2)c1. The predicted molar refractivity (Wildman–Crippen MR) is 99.1 cm³/mol. The molecule has 0 bridgehead atoms. The highest BCUT2D eigenvalue weighted by molar-refractivity contribution is 5.99. The van der Waals surface area contributed by atoms with Crippen molar-refractivity contribution < 1.29 is 9.59 Å². The average molecular weight is 348 g/mol.